The van der Waals surface area contributed by atoms with Crippen molar-refractivity contribution in [3.05, 3.63) is 40.2 Å². The quantitative estimate of drug-likeness (QED) is 0.919. The molecule has 2 aromatic rings. The van der Waals surface area contributed by atoms with E-state index in [9.17, 15) is 4.79 Å². The third-order valence-electron chi connectivity index (χ3n) is 3.57. The molecule has 5 nitrogen and oxygen atoms in total. The molecule has 1 unspecified atom stereocenters. The Balaban J connectivity index is 1.55. The van der Waals surface area contributed by atoms with Gasteiger partial charge in [0.05, 0.1) is 29.6 Å². The molecule has 1 atom stereocenters. The topological polar surface area (TPSA) is 58.4 Å². The molecule has 21 heavy (non-hydrogen) atoms. The van der Waals surface area contributed by atoms with Gasteiger partial charge in [0.1, 0.15) is 5.76 Å². The summed E-state index contributed by atoms with van der Waals surface area (Å²) < 4.78 is 5.25. The zero-order chi connectivity index (χ0) is 14.8. The van der Waals surface area contributed by atoms with Crippen LogP contribution in [0.5, 0.6) is 0 Å². The molecule has 1 saturated carbocycles. The van der Waals surface area contributed by atoms with Crippen molar-refractivity contribution in [3.63, 3.8) is 0 Å². The smallest absolute Gasteiger partial charge is 0.318 e. The second kappa shape index (κ2) is 5.89. The lowest BCUT2D eigenvalue weighted by Crippen LogP contribution is -2.38. The van der Waals surface area contributed by atoms with E-state index in [1.807, 2.05) is 24.4 Å². The average molecular weight is 305 g/mol. The lowest BCUT2D eigenvalue weighted by molar-refractivity contribution is 0.199. The van der Waals surface area contributed by atoms with Crippen molar-refractivity contribution in [2.24, 2.45) is 0 Å². The number of furan rings is 1. The molecule has 1 aliphatic carbocycles. The van der Waals surface area contributed by atoms with E-state index in [-0.39, 0.29) is 12.1 Å². The first-order chi connectivity index (χ1) is 10.1. The number of carbonyl (C=O) groups excluding carboxylic acids is 1. The minimum absolute atomic E-state index is 0.0831. The summed E-state index contributed by atoms with van der Waals surface area (Å²) >= 11 is 1.70. The lowest BCUT2D eigenvalue weighted by Gasteiger charge is -2.19. The molecule has 112 valence electrons. The minimum atomic E-state index is -0.125. The fourth-order valence-electron chi connectivity index (χ4n) is 2.09. The van der Waals surface area contributed by atoms with Gasteiger partial charge in [-0.25, -0.2) is 9.78 Å². The van der Waals surface area contributed by atoms with E-state index >= 15 is 0 Å². The van der Waals surface area contributed by atoms with Crippen molar-refractivity contribution >= 4 is 17.4 Å². The summed E-state index contributed by atoms with van der Waals surface area (Å²) in [6.45, 7) is 2.42. The van der Waals surface area contributed by atoms with Crippen LogP contribution in [0.2, 0.25) is 0 Å². The van der Waals surface area contributed by atoms with Gasteiger partial charge >= 0.3 is 6.03 Å². The van der Waals surface area contributed by atoms with E-state index in [1.54, 1.807) is 29.5 Å². The normalized spacial score (nSPS) is 15.7. The van der Waals surface area contributed by atoms with Gasteiger partial charge in [-0.3, -0.25) is 0 Å². The van der Waals surface area contributed by atoms with E-state index in [0.717, 1.165) is 11.5 Å². The van der Waals surface area contributed by atoms with Crippen LogP contribution in [0.3, 0.4) is 0 Å². The van der Waals surface area contributed by atoms with Gasteiger partial charge in [0.25, 0.3) is 0 Å². The number of hydrogen-bond donors (Lipinski definition) is 1. The van der Waals surface area contributed by atoms with Gasteiger partial charge < -0.3 is 14.6 Å². The monoisotopic (exact) mass is 305 g/mol. The van der Waals surface area contributed by atoms with Gasteiger partial charge in [0, 0.05) is 18.3 Å². The highest BCUT2D eigenvalue weighted by molar-refractivity contribution is 7.09. The number of nitrogens with zero attached hydrogens (tertiary/aromatic N) is 2. The number of carbonyl (C=O) groups is 1. The zero-order valence-corrected chi connectivity index (χ0v) is 13.0. The van der Waals surface area contributed by atoms with Crippen LogP contribution in [0.15, 0.2) is 28.2 Å². The van der Waals surface area contributed by atoms with Gasteiger partial charge in [0.15, 0.2) is 0 Å². The Morgan fingerprint density at radius 1 is 1.62 bits per heavy atom. The molecule has 1 aliphatic rings. The molecule has 1 N–H and O–H groups in total. The van der Waals surface area contributed by atoms with E-state index in [4.69, 9.17) is 4.42 Å². The van der Waals surface area contributed by atoms with Gasteiger partial charge in [0.2, 0.25) is 0 Å². The van der Waals surface area contributed by atoms with Gasteiger partial charge in [-0.15, -0.1) is 11.3 Å². The molecule has 0 saturated heterocycles. The highest BCUT2D eigenvalue weighted by atomic mass is 32.1. The molecule has 0 aliphatic heterocycles. The summed E-state index contributed by atoms with van der Waals surface area (Å²) in [6.07, 6.45) is 4.11. The van der Waals surface area contributed by atoms with Crippen LogP contribution < -0.4 is 5.32 Å². The third-order valence-corrected chi connectivity index (χ3v) is 4.60. The summed E-state index contributed by atoms with van der Waals surface area (Å²) in [5.41, 5.74) is 0.946. The van der Waals surface area contributed by atoms with Crippen LogP contribution in [0.4, 0.5) is 4.79 Å². The molecule has 0 radical (unpaired) electrons. The Morgan fingerprint density at radius 3 is 3.10 bits per heavy atom. The van der Waals surface area contributed by atoms with Crippen LogP contribution in [0.1, 0.15) is 48.2 Å². The number of amides is 2. The second-order valence-electron chi connectivity index (χ2n) is 5.49. The van der Waals surface area contributed by atoms with Gasteiger partial charge in [-0.1, -0.05) is 0 Å². The highest BCUT2D eigenvalue weighted by Gasteiger charge is 2.27. The SMILES string of the molecule is CC(NC(=O)N(C)Cc1ccco1)c1csc(C2CC2)n1. The van der Waals surface area contributed by atoms with Gasteiger partial charge in [-0.2, -0.15) is 0 Å². The third kappa shape index (κ3) is 3.44. The number of hydrogen-bond acceptors (Lipinski definition) is 4. The number of urea groups is 1. The molecule has 2 aromatic heterocycles. The summed E-state index contributed by atoms with van der Waals surface area (Å²) in [7, 11) is 1.75. The summed E-state index contributed by atoms with van der Waals surface area (Å²) in [5, 5.41) is 6.22. The fourth-order valence-corrected chi connectivity index (χ4v) is 3.18. The Hall–Kier alpha value is -1.82. The Bertz CT molecular complexity index is 604. The molecule has 2 amide bonds. The molecule has 1 fully saturated rings. The number of nitrogens with one attached hydrogen (secondary N) is 1. The van der Waals surface area contributed by atoms with Crippen molar-refractivity contribution in [2.45, 2.75) is 38.3 Å². The summed E-state index contributed by atoms with van der Waals surface area (Å²) in [5.74, 6) is 1.43. The van der Waals surface area contributed by atoms with Crippen molar-refractivity contribution in [1.29, 1.82) is 0 Å². The zero-order valence-electron chi connectivity index (χ0n) is 12.2. The van der Waals surface area contributed by atoms with Crippen LogP contribution in [-0.2, 0) is 6.54 Å². The first kappa shape index (κ1) is 14.1. The maximum atomic E-state index is 12.2. The van der Waals surface area contributed by atoms with Crippen LogP contribution >= 0.6 is 11.3 Å². The molecular formula is C15H19N3O2S. The molecule has 6 heteroatoms. The van der Waals surface area contributed by atoms with Crippen molar-refractivity contribution in [2.75, 3.05) is 7.05 Å². The number of thiazole rings is 1. The first-order valence-electron chi connectivity index (χ1n) is 7.13. The van der Waals surface area contributed by atoms with Crippen LogP contribution in [0, 0.1) is 0 Å². The predicted molar refractivity (Wildman–Crippen MR) is 81.2 cm³/mol. The molecule has 2 heterocycles. The maximum Gasteiger partial charge on any atom is 0.318 e. The predicted octanol–water partition coefficient (Wildman–Crippen LogP) is 3.52. The fraction of sp³-hybridized carbons (Fsp3) is 0.467. The van der Waals surface area contributed by atoms with E-state index < -0.39 is 0 Å². The number of aromatic nitrogens is 1. The largest absolute Gasteiger partial charge is 0.467 e. The van der Waals surface area contributed by atoms with E-state index in [2.05, 4.69) is 10.3 Å². The molecule has 0 spiro atoms. The average Bonchev–Trinajstić information content (AvgIpc) is 2.99. The van der Waals surface area contributed by atoms with Gasteiger partial charge in [-0.05, 0) is 31.9 Å². The van der Waals surface area contributed by atoms with Crippen LogP contribution in [0.25, 0.3) is 0 Å². The maximum absolute atomic E-state index is 12.2. The Kier molecular flexibility index (Phi) is 3.96. The first-order valence-corrected chi connectivity index (χ1v) is 8.01. The van der Waals surface area contributed by atoms with E-state index in [0.29, 0.717) is 12.5 Å². The summed E-state index contributed by atoms with van der Waals surface area (Å²) in [6, 6.07) is 3.47. The Morgan fingerprint density at radius 2 is 2.43 bits per heavy atom. The molecule has 0 aromatic carbocycles. The standard InChI is InChI=1S/C15H19N3O2S/c1-10(13-9-21-14(17-13)11-5-6-11)16-15(19)18(2)8-12-4-3-7-20-12/h3-4,7,9-11H,5-6,8H2,1-2H3,(H,16,19). The van der Waals surface area contributed by atoms with Crippen molar-refractivity contribution in [3.8, 4) is 0 Å². The highest BCUT2D eigenvalue weighted by Crippen LogP contribution is 2.41. The molecule has 0 bridgehead atoms. The summed E-state index contributed by atoms with van der Waals surface area (Å²) in [4.78, 5) is 18.4. The van der Waals surface area contributed by atoms with E-state index in [1.165, 1.54) is 17.8 Å². The molecule has 3 rings (SSSR count). The minimum Gasteiger partial charge on any atom is -0.467 e. The van der Waals surface area contributed by atoms with Crippen LogP contribution in [-0.4, -0.2) is 23.0 Å². The Labute approximate surface area is 128 Å². The van der Waals surface area contributed by atoms with Crippen molar-refractivity contribution < 1.29 is 9.21 Å². The van der Waals surface area contributed by atoms with Crippen molar-refractivity contribution in [1.82, 2.24) is 15.2 Å². The number of rotatable bonds is 5. The molecular weight excluding hydrogens is 286 g/mol. The second-order valence-corrected chi connectivity index (χ2v) is 6.38. The lowest BCUT2D eigenvalue weighted by atomic mass is 10.2.